The molecule has 0 heterocycles. The van der Waals surface area contributed by atoms with Crippen molar-refractivity contribution in [1.82, 2.24) is 0 Å². The fourth-order valence-corrected chi connectivity index (χ4v) is 7.26. The minimum atomic E-state index is 0.252. The van der Waals surface area contributed by atoms with E-state index in [0.717, 1.165) is 41.8 Å². The van der Waals surface area contributed by atoms with Gasteiger partial charge in [0.15, 0.2) is 5.78 Å². The second kappa shape index (κ2) is 5.58. The maximum absolute atomic E-state index is 11.9. The highest BCUT2D eigenvalue weighted by Crippen LogP contribution is 2.65. The van der Waals surface area contributed by atoms with Crippen LogP contribution in [0.5, 0.6) is 0 Å². The maximum atomic E-state index is 11.9. The van der Waals surface area contributed by atoms with Crippen LogP contribution in [0.25, 0.3) is 0 Å². The van der Waals surface area contributed by atoms with Crippen molar-refractivity contribution in [2.45, 2.75) is 58.8 Å². The average molecular weight is 377 g/mol. The first-order valence-electron chi connectivity index (χ1n) is 9.48. The standard InChI is InChI=1S/C21H29BrO/c1-20-11-8-19-17(18(20)6-4-14(20)9-12-22)5-3-15-13-16(23)7-10-21(15,19)2/h3,5,13-14,17-19H,4,6-12H2,1-2H3/t14-,17?,18?,19?,20-,21+/m1/s1. The van der Waals surface area contributed by atoms with Crippen molar-refractivity contribution < 1.29 is 4.79 Å². The van der Waals surface area contributed by atoms with Crippen LogP contribution in [0.3, 0.4) is 0 Å². The van der Waals surface area contributed by atoms with Gasteiger partial charge in [0.25, 0.3) is 0 Å². The summed E-state index contributed by atoms with van der Waals surface area (Å²) in [6.45, 7) is 5.03. The van der Waals surface area contributed by atoms with Crippen molar-refractivity contribution in [3.8, 4) is 0 Å². The quantitative estimate of drug-likeness (QED) is 0.565. The smallest absolute Gasteiger partial charge is 0.156 e. The molecule has 2 heteroatoms. The molecule has 1 nitrogen and oxygen atoms in total. The number of halogens is 1. The van der Waals surface area contributed by atoms with Crippen LogP contribution in [0.15, 0.2) is 23.8 Å². The van der Waals surface area contributed by atoms with E-state index in [1.165, 1.54) is 37.7 Å². The van der Waals surface area contributed by atoms with E-state index in [2.05, 4.69) is 41.9 Å². The first-order chi connectivity index (χ1) is 11.0. The molecule has 4 aliphatic rings. The van der Waals surface area contributed by atoms with Crippen molar-refractivity contribution in [1.29, 1.82) is 0 Å². The van der Waals surface area contributed by atoms with E-state index in [-0.39, 0.29) is 5.41 Å². The van der Waals surface area contributed by atoms with E-state index < -0.39 is 0 Å². The molecule has 0 spiro atoms. The van der Waals surface area contributed by atoms with Gasteiger partial charge in [-0.15, -0.1) is 0 Å². The van der Waals surface area contributed by atoms with Gasteiger partial charge in [-0.2, -0.15) is 0 Å². The van der Waals surface area contributed by atoms with Crippen LogP contribution in [0, 0.1) is 34.5 Å². The van der Waals surface area contributed by atoms with Crippen molar-refractivity contribution in [2.75, 3.05) is 5.33 Å². The summed E-state index contributed by atoms with van der Waals surface area (Å²) < 4.78 is 0. The predicted molar refractivity (Wildman–Crippen MR) is 98.5 cm³/mol. The van der Waals surface area contributed by atoms with Crippen molar-refractivity contribution >= 4 is 21.7 Å². The van der Waals surface area contributed by atoms with Gasteiger partial charge in [-0.3, -0.25) is 4.79 Å². The lowest BCUT2D eigenvalue weighted by Gasteiger charge is -2.56. The highest BCUT2D eigenvalue weighted by molar-refractivity contribution is 9.09. The third-order valence-corrected chi connectivity index (χ3v) is 8.63. The molecule has 0 aromatic rings. The Morgan fingerprint density at radius 3 is 2.78 bits per heavy atom. The van der Waals surface area contributed by atoms with Crippen molar-refractivity contribution in [3.05, 3.63) is 23.8 Å². The van der Waals surface area contributed by atoms with Gasteiger partial charge in [-0.25, -0.2) is 0 Å². The normalized spacial score (nSPS) is 48.5. The van der Waals surface area contributed by atoms with Crippen molar-refractivity contribution in [2.24, 2.45) is 34.5 Å². The molecule has 3 unspecified atom stereocenters. The lowest BCUT2D eigenvalue weighted by molar-refractivity contribution is -0.116. The summed E-state index contributed by atoms with van der Waals surface area (Å²) in [5.41, 5.74) is 2.12. The fourth-order valence-electron chi connectivity index (χ4n) is 6.71. The molecule has 0 bridgehead atoms. The Labute approximate surface area is 149 Å². The first-order valence-corrected chi connectivity index (χ1v) is 10.6. The number of alkyl halides is 1. The SMILES string of the molecule is C[C@]12CCC(=O)C=C1C=CC1C2CC[C@@]2(C)C1CC[C@@H]2CCBr. The molecule has 0 aromatic heterocycles. The molecule has 126 valence electrons. The van der Waals surface area contributed by atoms with Gasteiger partial charge in [0, 0.05) is 11.8 Å². The average Bonchev–Trinajstić information content (AvgIpc) is 2.85. The molecule has 4 rings (SSSR count). The summed E-state index contributed by atoms with van der Waals surface area (Å²) in [6, 6.07) is 0. The largest absolute Gasteiger partial charge is 0.295 e. The van der Waals surface area contributed by atoms with E-state index in [1.807, 2.05) is 6.08 Å². The molecule has 23 heavy (non-hydrogen) atoms. The zero-order chi connectivity index (χ0) is 16.2. The Morgan fingerprint density at radius 2 is 2.00 bits per heavy atom. The molecule has 0 saturated heterocycles. The Bertz CT molecular complexity index is 576. The number of rotatable bonds is 2. The van der Waals surface area contributed by atoms with Gasteiger partial charge in [0.2, 0.25) is 0 Å². The number of hydrogen-bond donors (Lipinski definition) is 0. The number of carbonyl (C=O) groups is 1. The zero-order valence-corrected chi connectivity index (χ0v) is 16.1. The molecule has 4 aliphatic carbocycles. The second-order valence-corrected chi connectivity index (χ2v) is 9.72. The highest BCUT2D eigenvalue weighted by atomic mass is 79.9. The molecule has 2 saturated carbocycles. The number of fused-ring (bicyclic) bond motifs is 5. The van der Waals surface area contributed by atoms with E-state index in [0.29, 0.717) is 11.2 Å². The van der Waals surface area contributed by atoms with Gasteiger partial charge in [-0.1, -0.05) is 41.9 Å². The van der Waals surface area contributed by atoms with Crippen LogP contribution in [-0.2, 0) is 4.79 Å². The lowest BCUT2D eigenvalue weighted by atomic mass is 9.48. The van der Waals surface area contributed by atoms with Crippen LogP contribution in [-0.4, -0.2) is 11.1 Å². The molecular formula is C21H29BrO. The summed E-state index contributed by atoms with van der Waals surface area (Å²) in [4.78, 5) is 11.9. The van der Waals surface area contributed by atoms with Gasteiger partial charge in [0.05, 0.1) is 0 Å². The first kappa shape index (κ1) is 16.1. The molecule has 0 N–H and O–H groups in total. The molecular weight excluding hydrogens is 348 g/mol. The Morgan fingerprint density at radius 1 is 1.17 bits per heavy atom. The Balaban J connectivity index is 1.68. The zero-order valence-electron chi connectivity index (χ0n) is 14.5. The van der Waals surface area contributed by atoms with Crippen LogP contribution < -0.4 is 0 Å². The molecule has 0 radical (unpaired) electrons. The van der Waals surface area contributed by atoms with Crippen LogP contribution in [0.1, 0.15) is 58.8 Å². The second-order valence-electron chi connectivity index (χ2n) is 8.93. The third-order valence-electron chi connectivity index (χ3n) is 8.17. The predicted octanol–water partition coefficient (Wildman–Crippen LogP) is 5.70. The Hall–Kier alpha value is -0.370. The van der Waals surface area contributed by atoms with E-state index in [9.17, 15) is 4.79 Å². The summed E-state index contributed by atoms with van der Waals surface area (Å²) >= 11 is 3.68. The third kappa shape index (κ3) is 2.27. The minimum absolute atomic E-state index is 0.252. The number of allylic oxidation sites excluding steroid dienone is 4. The minimum Gasteiger partial charge on any atom is -0.295 e. The van der Waals surface area contributed by atoms with Gasteiger partial charge >= 0.3 is 0 Å². The van der Waals surface area contributed by atoms with Crippen LogP contribution in [0.4, 0.5) is 0 Å². The summed E-state index contributed by atoms with van der Waals surface area (Å²) in [6.07, 6.45) is 15.5. The molecule has 0 amide bonds. The monoisotopic (exact) mass is 376 g/mol. The van der Waals surface area contributed by atoms with Gasteiger partial charge in [0.1, 0.15) is 0 Å². The topological polar surface area (TPSA) is 17.1 Å². The van der Waals surface area contributed by atoms with E-state index in [4.69, 9.17) is 0 Å². The highest BCUT2D eigenvalue weighted by Gasteiger charge is 2.57. The lowest BCUT2D eigenvalue weighted by Crippen LogP contribution is -2.48. The number of carbonyl (C=O) groups excluding carboxylic acids is 1. The number of hydrogen-bond acceptors (Lipinski definition) is 1. The van der Waals surface area contributed by atoms with Crippen LogP contribution >= 0.6 is 15.9 Å². The van der Waals surface area contributed by atoms with E-state index >= 15 is 0 Å². The van der Waals surface area contributed by atoms with E-state index in [1.54, 1.807) is 0 Å². The summed E-state index contributed by atoms with van der Waals surface area (Å²) in [7, 11) is 0. The summed E-state index contributed by atoms with van der Waals surface area (Å²) in [5.74, 6) is 3.59. The summed E-state index contributed by atoms with van der Waals surface area (Å²) in [5, 5.41) is 1.15. The molecule has 0 aliphatic heterocycles. The molecule has 2 fully saturated rings. The molecule has 6 atom stereocenters. The maximum Gasteiger partial charge on any atom is 0.156 e. The van der Waals surface area contributed by atoms with Gasteiger partial charge < -0.3 is 0 Å². The fraction of sp³-hybridized carbons (Fsp3) is 0.762. The molecule has 0 aromatic carbocycles. The number of ketones is 1. The van der Waals surface area contributed by atoms with Gasteiger partial charge in [-0.05, 0) is 84.7 Å². The van der Waals surface area contributed by atoms with Crippen molar-refractivity contribution in [3.63, 3.8) is 0 Å². The van der Waals surface area contributed by atoms with Crippen LogP contribution in [0.2, 0.25) is 0 Å². The Kier molecular flexibility index (Phi) is 3.91.